The molecule has 0 radical (unpaired) electrons. The van der Waals surface area contributed by atoms with Crippen LogP contribution >= 0.6 is 0 Å². The number of rotatable bonds is 2. The number of hydrogen-bond donors (Lipinski definition) is 2. The monoisotopic (exact) mass is 376 g/mol. The molecule has 2 aromatic rings. The smallest absolute Gasteiger partial charge is 0.407 e. The SMILES string of the molecule is Cc1cc2c(cc1F)[nH]c(=O)n2C1CCN(C2(C)CCN(C(=O)O)C2)CC1. The highest BCUT2D eigenvalue weighted by atomic mass is 19.1. The number of piperidine rings is 1. The number of H-pyrrole nitrogens is 1. The molecule has 4 rings (SSSR count). The Labute approximate surface area is 156 Å². The molecular formula is C19H25FN4O3. The summed E-state index contributed by atoms with van der Waals surface area (Å²) >= 11 is 0. The highest BCUT2D eigenvalue weighted by Crippen LogP contribution is 2.33. The summed E-state index contributed by atoms with van der Waals surface area (Å²) in [7, 11) is 0. The normalized spacial score (nSPS) is 24.8. The number of aryl methyl sites for hydroxylation is 1. The number of likely N-dealkylation sites (tertiary alicyclic amines) is 2. The van der Waals surface area contributed by atoms with Gasteiger partial charge >= 0.3 is 11.8 Å². The molecule has 0 spiro atoms. The number of carbonyl (C=O) groups is 1. The summed E-state index contributed by atoms with van der Waals surface area (Å²) in [6, 6.07) is 3.18. The largest absolute Gasteiger partial charge is 0.465 e. The van der Waals surface area contributed by atoms with Crippen molar-refractivity contribution in [2.75, 3.05) is 26.2 Å². The maximum Gasteiger partial charge on any atom is 0.407 e. The van der Waals surface area contributed by atoms with Gasteiger partial charge in [-0.1, -0.05) is 0 Å². The first-order valence-corrected chi connectivity index (χ1v) is 9.42. The molecule has 27 heavy (non-hydrogen) atoms. The first-order chi connectivity index (χ1) is 12.8. The molecule has 2 aliphatic heterocycles. The molecule has 0 saturated carbocycles. The van der Waals surface area contributed by atoms with Crippen LogP contribution in [0.5, 0.6) is 0 Å². The summed E-state index contributed by atoms with van der Waals surface area (Å²) in [6.45, 7) is 6.55. The molecule has 2 fully saturated rings. The van der Waals surface area contributed by atoms with Gasteiger partial charge in [0.15, 0.2) is 0 Å². The van der Waals surface area contributed by atoms with Crippen LogP contribution in [-0.4, -0.2) is 62.3 Å². The molecule has 1 amide bonds. The molecule has 146 valence electrons. The molecule has 2 N–H and O–H groups in total. The zero-order valence-corrected chi connectivity index (χ0v) is 15.7. The van der Waals surface area contributed by atoms with Gasteiger partial charge in [0.2, 0.25) is 0 Å². The van der Waals surface area contributed by atoms with Crippen LogP contribution in [0.3, 0.4) is 0 Å². The Morgan fingerprint density at radius 2 is 2.00 bits per heavy atom. The Morgan fingerprint density at radius 3 is 2.63 bits per heavy atom. The average Bonchev–Trinajstić information content (AvgIpc) is 3.17. The number of aromatic amines is 1. The summed E-state index contributed by atoms with van der Waals surface area (Å²) in [5.74, 6) is -0.317. The second kappa shape index (κ2) is 6.37. The summed E-state index contributed by atoms with van der Waals surface area (Å²) in [6.07, 6.45) is 1.59. The van der Waals surface area contributed by atoms with Crippen molar-refractivity contribution in [2.45, 2.75) is 44.7 Å². The fourth-order valence-electron chi connectivity index (χ4n) is 4.64. The lowest BCUT2D eigenvalue weighted by molar-refractivity contribution is 0.0682. The lowest BCUT2D eigenvalue weighted by Gasteiger charge is -2.42. The molecule has 0 aliphatic carbocycles. The quantitative estimate of drug-likeness (QED) is 0.844. The maximum absolute atomic E-state index is 13.8. The van der Waals surface area contributed by atoms with Gasteiger partial charge in [-0.3, -0.25) is 9.47 Å². The van der Waals surface area contributed by atoms with Crippen molar-refractivity contribution >= 4 is 17.1 Å². The fraction of sp³-hybridized carbons (Fsp3) is 0.579. The van der Waals surface area contributed by atoms with E-state index in [1.165, 1.54) is 11.0 Å². The van der Waals surface area contributed by atoms with Gasteiger partial charge < -0.3 is 15.0 Å². The van der Waals surface area contributed by atoms with Crippen LogP contribution in [0.25, 0.3) is 11.0 Å². The molecule has 1 aromatic heterocycles. The third kappa shape index (κ3) is 3.01. The Balaban J connectivity index is 1.53. The Kier molecular flexibility index (Phi) is 4.25. The van der Waals surface area contributed by atoms with Gasteiger partial charge in [-0.05, 0) is 50.8 Å². The van der Waals surface area contributed by atoms with Crippen LogP contribution < -0.4 is 5.69 Å². The third-order valence-corrected chi connectivity index (χ3v) is 6.31. The van der Waals surface area contributed by atoms with Crippen molar-refractivity contribution in [1.29, 1.82) is 0 Å². The molecule has 1 atom stereocenters. The van der Waals surface area contributed by atoms with Crippen molar-refractivity contribution in [3.63, 3.8) is 0 Å². The van der Waals surface area contributed by atoms with Crippen molar-refractivity contribution < 1.29 is 14.3 Å². The van der Waals surface area contributed by atoms with Crippen LogP contribution in [0, 0.1) is 12.7 Å². The van der Waals surface area contributed by atoms with E-state index in [0.29, 0.717) is 24.2 Å². The van der Waals surface area contributed by atoms with Crippen molar-refractivity contribution in [2.24, 2.45) is 0 Å². The van der Waals surface area contributed by atoms with Crippen molar-refractivity contribution in [3.05, 3.63) is 34.0 Å². The van der Waals surface area contributed by atoms with E-state index in [0.717, 1.165) is 37.9 Å². The van der Waals surface area contributed by atoms with Crippen LogP contribution in [-0.2, 0) is 0 Å². The lowest BCUT2D eigenvalue weighted by Crippen LogP contribution is -2.52. The summed E-state index contributed by atoms with van der Waals surface area (Å²) < 4.78 is 15.6. The number of halogens is 1. The number of nitrogens with one attached hydrogen (secondary N) is 1. The first-order valence-electron chi connectivity index (χ1n) is 9.42. The van der Waals surface area contributed by atoms with Crippen molar-refractivity contribution in [1.82, 2.24) is 19.4 Å². The second-order valence-electron chi connectivity index (χ2n) is 8.09. The number of benzene rings is 1. The maximum atomic E-state index is 13.8. The van der Waals surface area contributed by atoms with Gasteiger partial charge in [0.1, 0.15) is 5.82 Å². The zero-order valence-electron chi connectivity index (χ0n) is 15.7. The van der Waals surface area contributed by atoms with E-state index in [2.05, 4.69) is 16.8 Å². The molecule has 1 unspecified atom stereocenters. The molecule has 1 aromatic carbocycles. The van der Waals surface area contributed by atoms with Crippen LogP contribution in [0.4, 0.5) is 9.18 Å². The Hall–Kier alpha value is -2.35. The third-order valence-electron chi connectivity index (χ3n) is 6.31. The minimum atomic E-state index is -0.860. The first kappa shape index (κ1) is 18.0. The topological polar surface area (TPSA) is 81.6 Å². The highest BCUT2D eigenvalue weighted by Gasteiger charge is 2.42. The molecule has 3 heterocycles. The minimum absolute atomic E-state index is 0.0629. The number of aromatic nitrogens is 2. The predicted molar refractivity (Wildman–Crippen MR) is 99.7 cm³/mol. The van der Waals surface area contributed by atoms with Crippen LogP contribution in [0.2, 0.25) is 0 Å². The Bertz CT molecular complexity index is 944. The number of nitrogens with zero attached hydrogens (tertiary/aromatic N) is 3. The van der Waals surface area contributed by atoms with E-state index in [-0.39, 0.29) is 23.1 Å². The predicted octanol–water partition coefficient (Wildman–Crippen LogP) is 2.56. The highest BCUT2D eigenvalue weighted by molar-refractivity contribution is 5.76. The number of fused-ring (bicyclic) bond motifs is 1. The standard InChI is InChI=1S/C19H25FN4O3/c1-12-9-16-15(10-14(12)20)21-17(25)24(16)13-3-6-23(7-4-13)19(2)5-8-22(11-19)18(26)27/h9-10,13H,3-8,11H2,1-2H3,(H,21,25)(H,26,27). The molecular weight excluding hydrogens is 351 g/mol. The van der Waals surface area contributed by atoms with Gasteiger partial charge in [0.25, 0.3) is 0 Å². The number of carboxylic acid groups (broad SMARTS) is 1. The molecule has 0 bridgehead atoms. The molecule has 7 nitrogen and oxygen atoms in total. The van der Waals surface area contributed by atoms with Gasteiger partial charge in [-0.15, -0.1) is 0 Å². The van der Waals surface area contributed by atoms with Gasteiger partial charge in [-0.2, -0.15) is 0 Å². The van der Waals surface area contributed by atoms with E-state index in [1.54, 1.807) is 17.6 Å². The van der Waals surface area contributed by atoms with E-state index in [4.69, 9.17) is 0 Å². The summed E-state index contributed by atoms with van der Waals surface area (Å²) in [4.78, 5) is 30.3. The number of amides is 1. The lowest BCUT2D eigenvalue weighted by atomic mass is 9.93. The van der Waals surface area contributed by atoms with E-state index in [1.807, 2.05) is 0 Å². The van der Waals surface area contributed by atoms with Gasteiger partial charge in [0.05, 0.1) is 11.0 Å². The van der Waals surface area contributed by atoms with Crippen LogP contribution in [0.1, 0.15) is 37.8 Å². The number of hydrogen-bond acceptors (Lipinski definition) is 3. The molecule has 2 aliphatic rings. The molecule has 2 saturated heterocycles. The molecule has 8 heteroatoms. The summed E-state index contributed by atoms with van der Waals surface area (Å²) in [5, 5.41) is 9.22. The van der Waals surface area contributed by atoms with Crippen molar-refractivity contribution in [3.8, 4) is 0 Å². The van der Waals surface area contributed by atoms with Gasteiger partial charge in [0, 0.05) is 37.8 Å². The van der Waals surface area contributed by atoms with Gasteiger partial charge in [-0.25, -0.2) is 14.0 Å². The van der Waals surface area contributed by atoms with Crippen LogP contribution in [0.15, 0.2) is 16.9 Å². The zero-order chi connectivity index (χ0) is 19.3. The average molecular weight is 376 g/mol. The number of imidazole rings is 1. The second-order valence-corrected chi connectivity index (χ2v) is 8.09. The van der Waals surface area contributed by atoms with E-state index < -0.39 is 6.09 Å². The Morgan fingerprint density at radius 1 is 1.30 bits per heavy atom. The summed E-state index contributed by atoms with van der Waals surface area (Å²) in [5.41, 5.74) is 1.47. The van der Waals surface area contributed by atoms with E-state index >= 15 is 0 Å². The minimum Gasteiger partial charge on any atom is -0.465 e. The van der Waals surface area contributed by atoms with E-state index in [9.17, 15) is 19.1 Å². The fourth-order valence-corrected chi connectivity index (χ4v) is 4.64.